The zero-order valence-corrected chi connectivity index (χ0v) is 13.3. The Balaban J connectivity index is 1.83. The van der Waals surface area contributed by atoms with Crippen molar-refractivity contribution in [3.63, 3.8) is 0 Å². The van der Waals surface area contributed by atoms with Crippen LogP contribution in [-0.2, 0) is 13.7 Å². The molecule has 8 heteroatoms. The van der Waals surface area contributed by atoms with Crippen molar-refractivity contribution in [1.29, 1.82) is 0 Å². The Labute approximate surface area is 134 Å². The van der Waals surface area contributed by atoms with Crippen molar-refractivity contribution >= 4 is 20.2 Å². The molecule has 0 saturated heterocycles. The average molecular weight is 334 g/mol. The molecule has 0 spiro atoms. The van der Waals surface area contributed by atoms with Crippen LogP contribution in [-0.4, -0.2) is 30.3 Å². The second kappa shape index (κ2) is 6.47. The van der Waals surface area contributed by atoms with Crippen LogP contribution in [0.25, 0.3) is 0 Å². The maximum Gasteiger partial charge on any atom is 0.492 e. The summed E-state index contributed by atoms with van der Waals surface area (Å²) >= 11 is 0. The van der Waals surface area contributed by atoms with Crippen LogP contribution >= 0.6 is 7.60 Å². The summed E-state index contributed by atoms with van der Waals surface area (Å²) in [6.45, 7) is 0. The molecule has 0 radical (unpaired) electrons. The first-order valence-corrected chi connectivity index (χ1v) is 8.82. The van der Waals surface area contributed by atoms with E-state index in [2.05, 4.69) is 4.52 Å². The highest BCUT2D eigenvalue weighted by atomic mass is 31.2. The minimum absolute atomic E-state index is 0.216. The van der Waals surface area contributed by atoms with Crippen LogP contribution in [0.3, 0.4) is 0 Å². The molecule has 6 nitrogen and oxygen atoms in total. The molecule has 3 rings (SSSR count). The smallest absolute Gasteiger partial charge is 0.457 e. The highest BCUT2D eigenvalue weighted by Gasteiger charge is 2.39. The van der Waals surface area contributed by atoms with E-state index in [1.165, 1.54) is 7.11 Å². The topological polar surface area (TPSA) is 85.2 Å². The number of hydrogen-bond donors (Lipinski definition) is 2. The van der Waals surface area contributed by atoms with Gasteiger partial charge in [0.15, 0.2) is 0 Å². The number of benzene rings is 2. The van der Waals surface area contributed by atoms with Crippen LogP contribution < -0.4 is 10.2 Å². The second-order valence-electron chi connectivity index (χ2n) is 5.19. The fraction of sp³-hybridized carbons (Fsp3) is 0.200. The van der Waals surface area contributed by atoms with Gasteiger partial charge in [-0.15, -0.1) is 0 Å². The average Bonchev–Trinajstić information content (AvgIpc) is 2.83. The number of rotatable bonds is 5. The Bertz CT molecular complexity index is 738. The lowest BCUT2D eigenvalue weighted by molar-refractivity contribution is 0.199. The van der Waals surface area contributed by atoms with Gasteiger partial charge in [-0.05, 0) is 35.3 Å². The molecule has 0 saturated carbocycles. The van der Waals surface area contributed by atoms with Crippen LogP contribution in [0.15, 0.2) is 48.5 Å². The zero-order valence-electron chi connectivity index (χ0n) is 12.5. The molecule has 0 bridgehead atoms. The molecule has 1 aliphatic heterocycles. The summed E-state index contributed by atoms with van der Waals surface area (Å²) < 4.78 is 27.4. The zero-order chi connectivity index (χ0) is 16.4. The Hall–Kier alpha value is -1.63. The molecule has 1 heterocycles. The van der Waals surface area contributed by atoms with E-state index in [0.29, 0.717) is 22.5 Å². The molecule has 2 aromatic carbocycles. The van der Waals surface area contributed by atoms with Gasteiger partial charge in [-0.25, -0.2) is 0 Å². The molecule has 0 amide bonds. The maximum absolute atomic E-state index is 11.7. The second-order valence-corrected chi connectivity index (χ2v) is 7.19. The summed E-state index contributed by atoms with van der Waals surface area (Å²) in [7, 11) is -3.73. The monoisotopic (exact) mass is 334 g/mol. The van der Waals surface area contributed by atoms with Crippen LogP contribution in [0.5, 0.6) is 11.5 Å². The number of para-hydroxylation sites is 1. The highest BCUT2D eigenvalue weighted by molar-refractivity contribution is 7.52. The lowest BCUT2D eigenvalue weighted by Gasteiger charge is -2.15. The first kappa shape index (κ1) is 16.2. The van der Waals surface area contributed by atoms with Gasteiger partial charge in [0.05, 0.1) is 12.3 Å². The molecule has 2 N–H and O–H groups in total. The minimum Gasteiger partial charge on any atom is -0.457 e. The molecular weight excluding hydrogens is 318 g/mol. The largest absolute Gasteiger partial charge is 0.492 e. The van der Waals surface area contributed by atoms with E-state index in [1.807, 2.05) is 30.3 Å². The molecular formula is C15H16BO6P. The summed E-state index contributed by atoms with van der Waals surface area (Å²) in [6.07, 6.45) is -0.909. The highest BCUT2D eigenvalue weighted by Crippen LogP contribution is 2.46. The summed E-state index contributed by atoms with van der Waals surface area (Å²) in [4.78, 5) is 9.59. The van der Waals surface area contributed by atoms with Crippen molar-refractivity contribution in [1.82, 2.24) is 0 Å². The van der Waals surface area contributed by atoms with Gasteiger partial charge in [-0.2, -0.15) is 0 Å². The summed E-state index contributed by atoms with van der Waals surface area (Å²) in [5.41, 5.74) is 1.18. The van der Waals surface area contributed by atoms with Crippen LogP contribution in [0, 0.1) is 0 Å². The van der Waals surface area contributed by atoms with Gasteiger partial charge in [-0.3, -0.25) is 4.57 Å². The van der Waals surface area contributed by atoms with Crippen molar-refractivity contribution in [2.45, 2.75) is 6.10 Å². The number of fused-ring (bicyclic) bond motifs is 1. The van der Waals surface area contributed by atoms with Gasteiger partial charge in [0, 0.05) is 7.11 Å². The van der Waals surface area contributed by atoms with Crippen molar-refractivity contribution < 1.29 is 28.4 Å². The Kier molecular flexibility index (Phi) is 4.57. The standard InChI is InChI=1S/C15H16BO6P/c1-20-23(18,19)10-15-13-8-7-12(9-14(13)16(17)22-15)21-11-5-3-2-4-6-11/h2-9,15,17H,10H2,1H3,(H,18,19). The number of ether oxygens (including phenoxy) is 1. The normalized spacial score (nSPS) is 19.3. The SMILES string of the molecule is COP(=O)(O)CC1OB(O)c2cc(Oc3ccccc3)ccc21. The number of hydrogen-bond acceptors (Lipinski definition) is 5. The molecule has 0 aliphatic carbocycles. The third-order valence-corrected chi connectivity index (χ3v) is 4.99. The van der Waals surface area contributed by atoms with Crippen molar-refractivity contribution in [3.05, 3.63) is 54.1 Å². The van der Waals surface area contributed by atoms with Gasteiger partial charge in [0.2, 0.25) is 0 Å². The van der Waals surface area contributed by atoms with Gasteiger partial charge >= 0.3 is 14.7 Å². The molecule has 2 unspecified atom stereocenters. The molecule has 0 aromatic heterocycles. The third-order valence-electron chi connectivity index (χ3n) is 3.63. The predicted molar refractivity (Wildman–Crippen MR) is 86.1 cm³/mol. The van der Waals surface area contributed by atoms with E-state index in [9.17, 15) is 14.5 Å². The van der Waals surface area contributed by atoms with Crippen LogP contribution in [0.1, 0.15) is 11.7 Å². The maximum atomic E-state index is 11.7. The van der Waals surface area contributed by atoms with E-state index < -0.39 is 20.8 Å². The fourth-order valence-electron chi connectivity index (χ4n) is 2.48. The molecule has 2 aromatic rings. The Morgan fingerprint density at radius 1 is 1.22 bits per heavy atom. The van der Waals surface area contributed by atoms with Crippen LogP contribution in [0.2, 0.25) is 0 Å². The molecule has 1 aliphatic rings. The first-order valence-electron chi connectivity index (χ1n) is 7.06. The predicted octanol–water partition coefficient (Wildman–Crippen LogP) is 2.07. The first-order chi connectivity index (χ1) is 11.0. The van der Waals surface area contributed by atoms with Gasteiger partial charge in [0.1, 0.15) is 11.5 Å². The molecule has 2 atom stereocenters. The van der Waals surface area contributed by atoms with Crippen molar-refractivity contribution in [2.24, 2.45) is 0 Å². The summed E-state index contributed by atoms with van der Waals surface area (Å²) in [6, 6.07) is 14.4. The van der Waals surface area contributed by atoms with E-state index in [4.69, 9.17) is 9.39 Å². The molecule has 0 fully saturated rings. The third kappa shape index (κ3) is 3.66. The van der Waals surface area contributed by atoms with E-state index in [-0.39, 0.29) is 6.16 Å². The van der Waals surface area contributed by atoms with Crippen molar-refractivity contribution in [2.75, 3.05) is 13.3 Å². The van der Waals surface area contributed by atoms with E-state index in [0.717, 1.165) is 0 Å². The summed E-state index contributed by atoms with van der Waals surface area (Å²) in [5.74, 6) is 1.23. The summed E-state index contributed by atoms with van der Waals surface area (Å²) in [5, 5.41) is 10.0. The minimum atomic E-state index is -3.74. The van der Waals surface area contributed by atoms with Crippen LogP contribution in [0.4, 0.5) is 0 Å². The van der Waals surface area contributed by atoms with Gasteiger partial charge in [-0.1, -0.05) is 24.3 Å². The van der Waals surface area contributed by atoms with E-state index >= 15 is 0 Å². The lowest BCUT2D eigenvalue weighted by Crippen LogP contribution is -2.28. The Morgan fingerprint density at radius 3 is 2.65 bits per heavy atom. The van der Waals surface area contributed by atoms with Gasteiger partial charge < -0.3 is 23.8 Å². The lowest BCUT2D eigenvalue weighted by atomic mass is 9.79. The molecule has 120 valence electrons. The molecule has 23 heavy (non-hydrogen) atoms. The van der Waals surface area contributed by atoms with Gasteiger partial charge in [0.25, 0.3) is 0 Å². The Morgan fingerprint density at radius 2 is 1.96 bits per heavy atom. The van der Waals surface area contributed by atoms with Crippen molar-refractivity contribution in [3.8, 4) is 11.5 Å². The fourth-order valence-corrected chi connectivity index (χ4v) is 3.33. The quantitative estimate of drug-likeness (QED) is 0.643. The van der Waals surface area contributed by atoms with E-state index in [1.54, 1.807) is 18.2 Å².